The van der Waals surface area contributed by atoms with E-state index in [9.17, 15) is 8.78 Å². The van der Waals surface area contributed by atoms with Crippen molar-refractivity contribution in [2.24, 2.45) is 0 Å². The van der Waals surface area contributed by atoms with Gasteiger partial charge in [0.15, 0.2) is 0 Å². The molecule has 0 heterocycles. The van der Waals surface area contributed by atoms with Crippen LogP contribution in [0.3, 0.4) is 0 Å². The van der Waals surface area contributed by atoms with Gasteiger partial charge in [-0.15, -0.1) is 0 Å². The Morgan fingerprint density at radius 2 is 1.80 bits per heavy atom. The van der Waals surface area contributed by atoms with Crippen molar-refractivity contribution in [3.8, 4) is 0 Å². The molecule has 2 N–H and O–H groups in total. The number of nitrogen functional groups attached to an aromatic ring is 1. The quantitative estimate of drug-likeness (QED) is 0.851. The summed E-state index contributed by atoms with van der Waals surface area (Å²) in [5.41, 5.74) is 7.20. The number of nitrogens with zero attached hydrogens (tertiary/aromatic N) is 1. The number of rotatable bonds is 3. The Morgan fingerprint density at radius 1 is 1.15 bits per heavy atom. The third-order valence-electron chi connectivity index (χ3n) is 3.39. The van der Waals surface area contributed by atoms with Crippen molar-refractivity contribution in [1.29, 1.82) is 0 Å². The molecule has 2 aromatic rings. The van der Waals surface area contributed by atoms with Gasteiger partial charge >= 0.3 is 0 Å². The molecule has 20 heavy (non-hydrogen) atoms. The summed E-state index contributed by atoms with van der Waals surface area (Å²) in [4.78, 5) is 1.72. The van der Waals surface area contributed by atoms with E-state index >= 15 is 0 Å². The first-order valence-electron chi connectivity index (χ1n) is 6.13. The van der Waals surface area contributed by atoms with Crippen molar-refractivity contribution >= 4 is 23.0 Å². The Hall–Kier alpha value is -1.81. The fourth-order valence-electron chi connectivity index (χ4n) is 2.09. The molecule has 0 aliphatic rings. The molecule has 2 aromatic carbocycles. The standard InChI is InChI=1S/C15H15ClF2N2/c1-9(10-5-3-4-6-12(10)17)20(2)15-8-13(18)11(16)7-14(15)19/h3-9H,19H2,1-2H3. The molecule has 0 saturated heterocycles. The van der Waals surface area contributed by atoms with Crippen LogP contribution in [0.25, 0.3) is 0 Å². The van der Waals surface area contributed by atoms with Gasteiger partial charge in [-0.25, -0.2) is 8.78 Å². The van der Waals surface area contributed by atoms with Gasteiger partial charge in [-0.1, -0.05) is 29.8 Å². The largest absolute Gasteiger partial charge is 0.397 e. The Kier molecular flexibility index (Phi) is 4.14. The van der Waals surface area contributed by atoms with Crippen molar-refractivity contribution in [2.75, 3.05) is 17.7 Å². The van der Waals surface area contributed by atoms with Crippen LogP contribution in [0.15, 0.2) is 36.4 Å². The van der Waals surface area contributed by atoms with Gasteiger partial charge in [0.1, 0.15) is 11.6 Å². The first-order valence-corrected chi connectivity index (χ1v) is 6.51. The highest BCUT2D eigenvalue weighted by molar-refractivity contribution is 6.31. The summed E-state index contributed by atoms with van der Waals surface area (Å²) in [6, 6.07) is 8.80. The monoisotopic (exact) mass is 296 g/mol. The Balaban J connectivity index is 2.39. The summed E-state index contributed by atoms with van der Waals surface area (Å²) in [6.07, 6.45) is 0. The maximum atomic E-state index is 13.8. The molecule has 0 aliphatic carbocycles. The predicted octanol–water partition coefficient (Wildman–Crippen LogP) is 4.40. The summed E-state index contributed by atoms with van der Waals surface area (Å²) < 4.78 is 27.4. The van der Waals surface area contributed by atoms with Crippen molar-refractivity contribution in [1.82, 2.24) is 0 Å². The minimum atomic E-state index is -0.552. The second-order valence-electron chi connectivity index (χ2n) is 4.63. The van der Waals surface area contributed by atoms with Gasteiger partial charge in [0, 0.05) is 18.7 Å². The summed E-state index contributed by atoms with van der Waals surface area (Å²) >= 11 is 5.68. The number of anilines is 2. The highest BCUT2D eigenvalue weighted by Gasteiger charge is 2.18. The van der Waals surface area contributed by atoms with Crippen LogP contribution in [0.5, 0.6) is 0 Å². The van der Waals surface area contributed by atoms with Crippen LogP contribution >= 0.6 is 11.6 Å². The van der Waals surface area contributed by atoms with Crippen LogP contribution < -0.4 is 10.6 Å². The number of benzene rings is 2. The van der Waals surface area contributed by atoms with Crippen LogP contribution in [0.4, 0.5) is 20.2 Å². The second kappa shape index (κ2) is 5.67. The molecule has 0 fully saturated rings. The Bertz CT molecular complexity index is 631. The fraction of sp³-hybridized carbons (Fsp3) is 0.200. The molecule has 2 rings (SSSR count). The molecule has 1 atom stereocenters. The second-order valence-corrected chi connectivity index (χ2v) is 5.04. The van der Waals surface area contributed by atoms with Gasteiger partial charge < -0.3 is 10.6 Å². The van der Waals surface area contributed by atoms with E-state index in [1.54, 1.807) is 30.1 Å². The third-order valence-corrected chi connectivity index (χ3v) is 3.68. The highest BCUT2D eigenvalue weighted by Crippen LogP contribution is 2.33. The zero-order valence-electron chi connectivity index (χ0n) is 11.2. The van der Waals surface area contributed by atoms with E-state index in [1.165, 1.54) is 18.2 Å². The lowest BCUT2D eigenvalue weighted by atomic mass is 10.1. The molecule has 0 aromatic heterocycles. The number of halogens is 3. The minimum Gasteiger partial charge on any atom is -0.397 e. The first-order chi connectivity index (χ1) is 9.41. The maximum absolute atomic E-state index is 13.8. The van der Waals surface area contributed by atoms with E-state index in [4.69, 9.17) is 17.3 Å². The lowest BCUT2D eigenvalue weighted by molar-refractivity contribution is 0.584. The number of hydrogen-bond donors (Lipinski definition) is 1. The molecule has 0 saturated carbocycles. The van der Waals surface area contributed by atoms with Gasteiger partial charge in [0.2, 0.25) is 0 Å². The summed E-state index contributed by atoms with van der Waals surface area (Å²) in [5, 5.41) is -0.0294. The SMILES string of the molecule is CC(c1ccccc1F)N(C)c1cc(F)c(Cl)cc1N. The van der Waals surface area contributed by atoms with Crippen LogP contribution in [-0.2, 0) is 0 Å². The van der Waals surface area contributed by atoms with Crippen LogP contribution in [0, 0.1) is 11.6 Å². The van der Waals surface area contributed by atoms with Crippen LogP contribution in [-0.4, -0.2) is 7.05 Å². The molecule has 0 amide bonds. The summed E-state index contributed by atoms with van der Waals surface area (Å²) in [5.74, 6) is -0.858. The Morgan fingerprint density at radius 3 is 2.45 bits per heavy atom. The molecule has 5 heteroatoms. The molecule has 0 spiro atoms. The van der Waals surface area contributed by atoms with Crippen LogP contribution in [0.1, 0.15) is 18.5 Å². The highest BCUT2D eigenvalue weighted by atomic mass is 35.5. The average molecular weight is 297 g/mol. The van der Waals surface area contributed by atoms with Gasteiger partial charge in [0.25, 0.3) is 0 Å². The predicted molar refractivity (Wildman–Crippen MR) is 79.0 cm³/mol. The van der Waals surface area contributed by atoms with Crippen molar-refractivity contribution in [3.05, 3.63) is 58.6 Å². The normalized spacial score (nSPS) is 12.2. The van der Waals surface area contributed by atoms with E-state index < -0.39 is 5.82 Å². The average Bonchev–Trinajstić information content (AvgIpc) is 2.42. The minimum absolute atomic E-state index is 0.0294. The van der Waals surface area contributed by atoms with E-state index in [-0.39, 0.29) is 16.9 Å². The van der Waals surface area contributed by atoms with Crippen molar-refractivity contribution in [2.45, 2.75) is 13.0 Å². The smallest absolute Gasteiger partial charge is 0.144 e. The fourth-order valence-corrected chi connectivity index (χ4v) is 2.26. The van der Waals surface area contributed by atoms with E-state index in [1.807, 2.05) is 6.92 Å². The zero-order chi connectivity index (χ0) is 14.9. The van der Waals surface area contributed by atoms with E-state index in [2.05, 4.69) is 0 Å². The van der Waals surface area contributed by atoms with Crippen molar-refractivity contribution < 1.29 is 8.78 Å². The molecular formula is C15H15ClF2N2. The topological polar surface area (TPSA) is 29.3 Å². The summed E-state index contributed by atoms with van der Waals surface area (Å²) in [7, 11) is 1.73. The Labute approximate surface area is 121 Å². The van der Waals surface area contributed by atoms with Gasteiger partial charge in [-0.2, -0.15) is 0 Å². The van der Waals surface area contributed by atoms with E-state index in [0.717, 1.165) is 0 Å². The molecule has 0 aliphatic heterocycles. The molecule has 2 nitrogen and oxygen atoms in total. The molecule has 0 radical (unpaired) electrons. The van der Waals surface area contributed by atoms with Gasteiger partial charge in [-0.05, 0) is 19.1 Å². The third kappa shape index (κ3) is 2.70. The number of nitrogens with two attached hydrogens (primary N) is 1. The lowest BCUT2D eigenvalue weighted by Gasteiger charge is -2.29. The molecule has 1 unspecified atom stereocenters. The van der Waals surface area contributed by atoms with Gasteiger partial charge in [0.05, 0.1) is 22.4 Å². The van der Waals surface area contributed by atoms with Gasteiger partial charge in [-0.3, -0.25) is 0 Å². The van der Waals surface area contributed by atoms with Crippen LogP contribution in [0.2, 0.25) is 5.02 Å². The number of hydrogen-bond acceptors (Lipinski definition) is 2. The van der Waals surface area contributed by atoms with Crippen molar-refractivity contribution in [3.63, 3.8) is 0 Å². The first kappa shape index (κ1) is 14.6. The molecule has 106 valence electrons. The molecular weight excluding hydrogens is 282 g/mol. The summed E-state index contributed by atoms with van der Waals surface area (Å²) in [6.45, 7) is 1.82. The molecule has 0 bridgehead atoms. The maximum Gasteiger partial charge on any atom is 0.144 e. The zero-order valence-corrected chi connectivity index (χ0v) is 12.0. The lowest BCUT2D eigenvalue weighted by Crippen LogP contribution is -2.23. The van der Waals surface area contributed by atoms with E-state index in [0.29, 0.717) is 16.9 Å².